The number of anilines is 2. The largest absolute Gasteiger partial charge is 0.326 e. The number of piperidine rings is 1. The van der Waals surface area contributed by atoms with E-state index in [2.05, 4.69) is 46.7 Å². The van der Waals surface area contributed by atoms with Crippen LogP contribution in [0.15, 0.2) is 48.5 Å². The molecular formula is C25H33N3O2. The summed E-state index contributed by atoms with van der Waals surface area (Å²) in [6.45, 7) is 7.51. The zero-order valence-corrected chi connectivity index (χ0v) is 18.3. The highest BCUT2D eigenvalue weighted by atomic mass is 16.2. The Kier molecular flexibility index (Phi) is 7.63. The summed E-state index contributed by atoms with van der Waals surface area (Å²) in [4.78, 5) is 26.1. The van der Waals surface area contributed by atoms with Crippen LogP contribution in [0.3, 0.4) is 0 Å². The number of hydrogen-bond donors (Lipinski definition) is 2. The van der Waals surface area contributed by atoms with E-state index in [-0.39, 0.29) is 17.9 Å². The fourth-order valence-corrected chi connectivity index (χ4v) is 4.01. The molecule has 5 nitrogen and oxygen atoms in total. The molecule has 2 aromatic rings. The summed E-state index contributed by atoms with van der Waals surface area (Å²) >= 11 is 0. The summed E-state index contributed by atoms with van der Waals surface area (Å²) in [5.41, 5.74) is 4.19. The summed E-state index contributed by atoms with van der Waals surface area (Å²) in [6, 6.07) is 15.9. The van der Waals surface area contributed by atoms with Gasteiger partial charge in [0.15, 0.2) is 0 Å². The van der Waals surface area contributed by atoms with Crippen molar-refractivity contribution in [1.82, 2.24) is 4.90 Å². The zero-order chi connectivity index (χ0) is 21.5. The van der Waals surface area contributed by atoms with Crippen molar-refractivity contribution < 1.29 is 9.59 Å². The molecule has 0 radical (unpaired) electrons. The molecule has 1 aliphatic rings. The quantitative estimate of drug-likeness (QED) is 0.704. The second-order valence-corrected chi connectivity index (χ2v) is 8.43. The van der Waals surface area contributed by atoms with E-state index in [9.17, 15) is 9.59 Å². The lowest BCUT2D eigenvalue weighted by Gasteiger charge is -2.35. The molecule has 2 amide bonds. The van der Waals surface area contributed by atoms with Gasteiger partial charge in [-0.25, -0.2) is 0 Å². The highest BCUT2D eigenvalue weighted by Crippen LogP contribution is 2.24. The van der Waals surface area contributed by atoms with Crippen LogP contribution in [0.1, 0.15) is 44.2 Å². The van der Waals surface area contributed by atoms with Crippen molar-refractivity contribution in [2.24, 2.45) is 5.92 Å². The average molecular weight is 408 g/mol. The summed E-state index contributed by atoms with van der Waals surface area (Å²) < 4.78 is 0. The van der Waals surface area contributed by atoms with Gasteiger partial charge in [0.2, 0.25) is 11.8 Å². The fourth-order valence-electron chi connectivity index (χ4n) is 4.01. The van der Waals surface area contributed by atoms with Crippen LogP contribution in [0.25, 0.3) is 0 Å². The molecule has 1 unspecified atom stereocenters. The number of benzene rings is 2. The Balaban J connectivity index is 1.42. The molecule has 1 aliphatic heterocycles. The third-order valence-electron chi connectivity index (χ3n) is 6.01. The molecule has 1 saturated heterocycles. The van der Waals surface area contributed by atoms with Crippen LogP contribution >= 0.6 is 0 Å². The molecule has 160 valence electrons. The van der Waals surface area contributed by atoms with E-state index < -0.39 is 0 Å². The smallest absolute Gasteiger partial charge is 0.241 e. The predicted molar refractivity (Wildman–Crippen MR) is 123 cm³/mol. The molecule has 2 N–H and O–H groups in total. The molecular weight excluding hydrogens is 374 g/mol. The van der Waals surface area contributed by atoms with Gasteiger partial charge in [0.05, 0.1) is 6.04 Å². The molecule has 2 aromatic carbocycles. The van der Waals surface area contributed by atoms with Crippen LogP contribution in [-0.2, 0) is 16.0 Å². The molecule has 1 fully saturated rings. The number of carbonyl (C=O) groups is 2. The van der Waals surface area contributed by atoms with Crippen LogP contribution in [0.4, 0.5) is 11.4 Å². The van der Waals surface area contributed by atoms with E-state index >= 15 is 0 Å². The lowest BCUT2D eigenvalue weighted by atomic mass is 9.90. The number of nitrogens with one attached hydrogen (secondary N) is 2. The Morgan fingerprint density at radius 3 is 2.10 bits per heavy atom. The van der Waals surface area contributed by atoms with Gasteiger partial charge in [0.1, 0.15) is 0 Å². The number of carbonyl (C=O) groups excluding carboxylic acids is 2. The highest BCUT2D eigenvalue weighted by Gasteiger charge is 2.26. The second kappa shape index (κ2) is 10.4. The van der Waals surface area contributed by atoms with Gasteiger partial charge in [0, 0.05) is 18.3 Å². The lowest BCUT2D eigenvalue weighted by molar-refractivity contribution is -0.121. The Labute approximate surface area is 179 Å². The summed E-state index contributed by atoms with van der Waals surface area (Å²) in [6.07, 6.45) is 4.65. The van der Waals surface area contributed by atoms with E-state index in [1.165, 1.54) is 24.5 Å². The van der Waals surface area contributed by atoms with Crippen molar-refractivity contribution in [3.05, 3.63) is 59.7 Å². The number of amides is 2. The van der Waals surface area contributed by atoms with Gasteiger partial charge in [0.25, 0.3) is 0 Å². The number of aryl methyl sites for hydroxylation is 2. The lowest BCUT2D eigenvalue weighted by Crippen LogP contribution is -2.46. The monoisotopic (exact) mass is 407 g/mol. The minimum Gasteiger partial charge on any atom is -0.326 e. The molecule has 0 spiro atoms. The second-order valence-electron chi connectivity index (χ2n) is 8.43. The highest BCUT2D eigenvalue weighted by molar-refractivity contribution is 5.95. The zero-order valence-electron chi connectivity index (χ0n) is 18.3. The van der Waals surface area contributed by atoms with Gasteiger partial charge < -0.3 is 10.6 Å². The predicted octanol–water partition coefficient (Wildman–Crippen LogP) is 4.63. The van der Waals surface area contributed by atoms with Gasteiger partial charge in [-0.3, -0.25) is 14.5 Å². The SMILES string of the molecule is CC(=O)Nc1ccc(NC(=O)C(C)N2CCC(CCc3ccc(C)cc3)CC2)cc1. The van der Waals surface area contributed by atoms with Crippen molar-refractivity contribution in [2.45, 2.75) is 52.5 Å². The Hall–Kier alpha value is -2.66. The van der Waals surface area contributed by atoms with Gasteiger partial charge in [-0.1, -0.05) is 29.8 Å². The minimum atomic E-state index is -0.155. The fraction of sp³-hybridized carbons (Fsp3) is 0.440. The molecule has 0 aromatic heterocycles. The summed E-state index contributed by atoms with van der Waals surface area (Å²) in [7, 11) is 0. The Bertz CT molecular complexity index is 838. The molecule has 1 heterocycles. The molecule has 0 saturated carbocycles. The van der Waals surface area contributed by atoms with Gasteiger partial charge in [-0.05, 0) is 88.4 Å². The molecule has 0 aliphatic carbocycles. The minimum absolute atomic E-state index is 0.0142. The number of rotatable bonds is 7. The average Bonchev–Trinajstić information content (AvgIpc) is 2.74. The summed E-state index contributed by atoms with van der Waals surface area (Å²) in [5, 5.41) is 5.72. The van der Waals surface area contributed by atoms with Crippen LogP contribution in [0.2, 0.25) is 0 Å². The molecule has 1 atom stereocenters. The maximum Gasteiger partial charge on any atom is 0.241 e. The van der Waals surface area contributed by atoms with E-state index in [4.69, 9.17) is 0 Å². The Morgan fingerprint density at radius 2 is 1.53 bits per heavy atom. The summed E-state index contributed by atoms with van der Waals surface area (Å²) in [5.74, 6) is 0.641. The molecule has 0 bridgehead atoms. The van der Waals surface area contributed by atoms with Crippen molar-refractivity contribution >= 4 is 23.2 Å². The van der Waals surface area contributed by atoms with Crippen LogP contribution < -0.4 is 10.6 Å². The first-order chi connectivity index (χ1) is 14.4. The van der Waals surface area contributed by atoms with E-state index in [1.54, 1.807) is 12.1 Å². The van der Waals surface area contributed by atoms with Crippen molar-refractivity contribution in [2.75, 3.05) is 23.7 Å². The third kappa shape index (κ3) is 6.42. The molecule has 5 heteroatoms. The van der Waals surface area contributed by atoms with Gasteiger partial charge >= 0.3 is 0 Å². The van der Waals surface area contributed by atoms with Crippen LogP contribution in [0.5, 0.6) is 0 Å². The topological polar surface area (TPSA) is 61.4 Å². The first-order valence-corrected chi connectivity index (χ1v) is 10.9. The van der Waals surface area contributed by atoms with E-state index in [1.807, 2.05) is 19.1 Å². The van der Waals surface area contributed by atoms with Crippen molar-refractivity contribution in [3.8, 4) is 0 Å². The Morgan fingerprint density at radius 1 is 0.967 bits per heavy atom. The molecule has 3 rings (SSSR count). The van der Waals surface area contributed by atoms with Gasteiger partial charge in [-0.2, -0.15) is 0 Å². The third-order valence-corrected chi connectivity index (χ3v) is 6.01. The normalized spacial score (nSPS) is 16.1. The van der Waals surface area contributed by atoms with Gasteiger partial charge in [-0.15, -0.1) is 0 Å². The van der Waals surface area contributed by atoms with Crippen molar-refractivity contribution in [1.29, 1.82) is 0 Å². The standard InChI is InChI=1S/C25H33N3O2/c1-18-4-6-21(7-5-18)8-9-22-14-16-28(17-15-22)19(2)25(30)27-24-12-10-23(11-13-24)26-20(3)29/h4-7,10-13,19,22H,8-9,14-17H2,1-3H3,(H,26,29)(H,27,30). The van der Waals surface area contributed by atoms with Crippen LogP contribution in [0, 0.1) is 12.8 Å². The molecule has 30 heavy (non-hydrogen) atoms. The van der Waals surface area contributed by atoms with E-state index in [0.717, 1.165) is 49.6 Å². The first-order valence-electron chi connectivity index (χ1n) is 10.9. The maximum absolute atomic E-state index is 12.7. The first kappa shape index (κ1) is 22.0. The van der Waals surface area contributed by atoms with E-state index in [0.29, 0.717) is 0 Å². The number of likely N-dealkylation sites (tertiary alicyclic amines) is 1. The van der Waals surface area contributed by atoms with Crippen LogP contribution in [-0.4, -0.2) is 35.8 Å². The number of hydrogen-bond acceptors (Lipinski definition) is 3. The maximum atomic E-state index is 12.7. The number of nitrogens with zero attached hydrogens (tertiary/aromatic N) is 1. The van der Waals surface area contributed by atoms with Crippen molar-refractivity contribution in [3.63, 3.8) is 0 Å².